The van der Waals surface area contributed by atoms with Crippen LogP contribution in [0.5, 0.6) is 0 Å². The summed E-state index contributed by atoms with van der Waals surface area (Å²) in [5.74, 6) is -0.473. The molecular formula is C18H25N3O4S. The molecule has 1 aromatic carbocycles. The summed E-state index contributed by atoms with van der Waals surface area (Å²) in [6.07, 6.45) is 3.12. The van der Waals surface area contributed by atoms with E-state index >= 15 is 0 Å². The predicted octanol–water partition coefficient (Wildman–Crippen LogP) is 1.71. The van der Waals surface area contributed by atoms with Gasteiger partial charge in [-0.05, 0) is 43.9 Å². The van der Waals surface area contributed by atoms with E-state index in [9.17, 15) is 18.0 Å². The molecule has 0 aromatic heterocycles. The van der Waals surface area contributed by atoms with Gasteiger partial charge in [0.1, 0.15) is 6.04 Å². The zero-order valence-corrected chi connectivity index (χ0v) is 15.9. The van der Waals surface area contributed by atoms with E-state index in [4.69, 9.17) is 0 Å². The molecule has 26 heavy (non-hydrogen) atoms. The maximum atomic E-state index is 12.6. The third-order valence-corrected chi connectivity index (χ3v) is 6.16. The molecule has 2 fully saturated rings. The lowest BCUT2D eigenvalue weighted by Gasteiger charge is -2.25. The van der Waals surface area contributed by atoms with Crippen molar-refractivity contribution in [3.05, 3.63) is 24.3 Å². The molecule has 1 saturated heterocycles. The Balaban J connectivity index is 1.71. The first-order valence-corrected chi connectivity index (χ1v) is 10.5. The topological polar surface area (TPSA) is 95.6 Å². The highest BCUT2D eigenvalue weighted by Crippen LogP contribution is 2.24. The molecule has 1 aliphatic heterocycles. The highest BCUT2D eigenvalue weighted by Gasteiger charge is 2.35. The Hall–Kier alpha value is -1.93. The zero-order valence-electron chi connectivity index (χ0n) is 15.1. The number of nitrogens with zero attached hydrogens (tertiary/aromatic N) is 1. The van der Waals surface area contributed by atoms with E-state index in [1.807, 2.05) is 13.8 Å². The van der Waals surface area contributed by atoms with Crippen molar-refractivity contribution in [1.29, 1.82) is 0 Å². The van der Waals surface area contributed by atoms with Crippen LogP contribution in [0.25, 0.3) is 0 Å². The van der Waals surface area contributed by atoms with Crippen LogP contribution >= 0.6 is 0 Å². The van der Waals surface area contributed by atoms with Crippen molar-refractivity contribution in [2.45, 2.75) is 56.5 Å². The van der Waals surface area contributed by atoms with Crippen molar-refractivity contribution in [2.75, 3.05) is 11.9 Å². The number of carbonyl (C=O) groups is 2. The SMILES string of the molecule is CC(C)C(=O)N1CCCC1C(=O)Nc1cccc(S(=O)(=O)NC2CC2)c1. The van der Waals surface area contributed by atoms with Crippen LogP contribution < -0.4 is 10.0 Å². The minimum Gasteiger partial charge on any atom is -0.330 e. The minimum atomic E-state index is -3.58. The van der Waals surface area contributed by atoms with Crippen LogP contribution in [0.3, 0.4) is 0 Å². The van der Waals surface area contributed by atoms with Gasteiger partial charge in [0.15, 0.2) is 0 Å². The molecule has 0 radical (unpaired) electrons. The standard InChI is InChI=1S/C18H25N3O4S/c1-12(2)18(23)21-10-4-7-16(21)17(22)19-14-5-3-6-15(11-14)26(24,25)20-13-8-9-13/h3,5-6,11-13,16,20H,4,7-10H2,1-2H3,(H,19,22). The Labute approximate surface area is 154 Å². The first-order chi connectivity index (χ1) is 12.3. The van der Waals surface area contributed by atoms with Gasteiger partial charge in [0.05, 0.1) is 4.90 Å². The molecule has 1 unspecified atom stereocenters. The first kappa shape index (κ1) is 18.8. The number of likely N-dealkylation sites (tertiary alicyclic amines) is 1. The van der Waals surface area contributed by atoms with Crippen LogP contribution in [0.4, 0.5) is 5.69 Å². The molecule has 8 heteroatoms. The number of sulfonamides is 1. The lowest BCUT2D eigenvalue weighted by Crippen LogP contribution is -2.44. The van der Waals surface area contributed by atoms with E-state index in [2.05, 4.69) is 10.0 Å². The Bertz CT molecular complexity index is 802. The average molecular weight is 379 g/mol. The third kappa shape index (κ3) is 4.24. The van der Waals surface area contributed by atoms with Gasteiger partial charge in [0.2, 0.25) is 21.8 Å². The summed E-state index contributed by atoms with van der Waals surface area (Å²) >= 11 is 0. The fourth-order valence-corrected chi connectivity index (χ4v) is 4.44. The molecule has 0 bridgehead atoms. The highest BCUT2D eigenvalue weighted by molar-refractivity contribution is 7.89. The quantitative estimate of drug-likeness (QED) is 0.787. The second-order valence-electron chi connectivity index (χ2n) is 7.26. The van der Waals surface area contributed by atoms with Crippen LogP contribution in [-0.4, -0.2) is 43.8 Å². The van der Waals surface area contributed by atoms with Crippen molar-refractivity contribution in [1.82, 2.24) is 9.62 Å². The summed E-state index contributed by atoms with van der Waals surface area (Å²) in [4.78, 5) is 26.6. The number of carbonyl (C=O) groups excluding carboxylic acids is 2. The van der Waals surface area contributed by atoms with E-state index in [-0.39, 0.29) is 28.7 Å². The van der Waals surface area contributed by atoms with Crippen LogP contribution in [0, 0.1) is 5.92 Å². The first-order valence-electron chi connectivity index (χ1n) is 9.01. The molecule has 1 aliphatic carbocycles. The van der Waals surface area contributed by atoms with Crippen LogP contribution in [-0.2, 0) is 19.6 Å². The number of hydrogen-bond donors (Lipinski definition) is 2. The Kier molecular flexibility index (Phi) is 5.34. The molecule has 1 atom stereocenters. The van der Waals surface area contributed by atoms with Gasteiger partial charge in [-0.25, -0.2) is 13.1 Å². The second kappa shape index (κ2) is 7.36. The predicted molar refractivity (Wildman–Crippen MR) is 98.0 cm³/mol. The average Bonchev–Trinajstić information content (AvgIpc) is 3.25. The summed E-state index contributed by atoms with van der Waals surface area (Å²) in [5, 5.41) is 2.76. The van der Waals surface area contributed by atoms with Crippen LogP contribution in [0.15, 0.2) is 29.2 Å². The molecular weight excluding hydrogens is 354 g/mol. The van der Waals surface area contributed by atoms with E-state index < -0.39 is 16.1 Å². The molecule has 7 nitrogen and oxygen atoms in total. The maximum absolute atomic E-state index is 12.6. The van der Waals surface area contributed by atoms with Crippen molar-refractivity contribution >= 4 is 27.5 Å². The van der Waals surface area contributed by atoms with Gasteiger partial charge < -0.3 is 10.2 Å². The van der Waals surface area contributed by atoms with Gasteiger partial charge in [0, 0.05) is 24.2 Å². The van der Waals surface area contributed by atoms with E-state index in [1.54, 1.807) is 17.0 Å². The molecule has 1 aromatic rings. The number of hydrogen-bond acceptors (Lipinski definition) is 4. The Morgan fingerprint density at radius 3 is 2.58 bits per heavy atom. The summed E-state index contributed by atoms with van der Waals surface area (Å²) in [6.45, 7) is 4.21. The van der Waals surface area contributed by atoms with Gasteiger partial charge in [-0.1, -0.05) is 19.9 Å². The summed E-state index contributed by atoms with van der Waals surface area (Å²) in [7, 11) is -3.58. The molecule has 2 aliphatic rings. The number of rotatable bonds is 6. The van der Waals surface area contributed by atoms with Crippen molar-refractivity contribution in [2.24, 2.45) is 5.92 Å². The fourth-order valence-electron chi connectivity index (χ4n) is 3.09. The Morgan fingerprint density at radius 1 is 1.19 bits per heavy atom. The van der Waals surface area contributed by atoms with Crippen molar-refractivity contribution in [3.63, 3.8) is 0 Å². The third-order valence-electron chi connectivity index (χ3n) is 4.64. The summed E-state index contributed by atoms with van der Waals surface area (Å²) in [5.41, 5.74) is 0.414. The van der Waals surface area contributed by atoms with Crippen molar-refractivity contribution in [3.8, 4) is 0 Å². The molecule has 1 saturated carbocycles. The zero-order chi connectivity index (χ0) is 18.9. The van der Waals surface area contributed by atoms with Crippen LogP contribution in [0.2, 0.25) is 0 Å². The number of nitrogens with one attached hydrogen (secondary N) is 2. The molecule has 1 heterocycles. The van der Waals surface area contributed by atoms with Gasteiger partial charge in [-0.3, -0.25) is 9.59 Å². The largest absolute Gasteiger partial charge is 0.330 e. The number of benzene rings is 1. The number of amides is 2. The summed E-state index contributed by atoms with van der Waals surface area (Å²) < 4.78 is 27.3. The lowest BCUT2D eigenvalue weighted by molar-refractivity contribution is -0.139. The van der Waals surface area contributed by atoms with E-state index in [0.717, 1.165) is 19.3 Å². The van der Waals surface area contributed by atoms with Crippen LogP contribution in [0.1, 0.15) is 39.5 Å². The Morgan fingerprint density at radius 2 is 1.92 bits per heavy atom. The summed E-state index contributed by atoms with van der Waals surface area (Å²) in [6, 6.07) is 5.72. The molecule has 0 spiro atoms. The smallest absolute Gasteiger partial charge is 0.247 e. The maximum Gasteiger partial charge on any atom is 0.247 e. The molecule has 3 rings (SSSR count). The van der Waals surface area contributed by atoms with Gasteiger partial charge in [-0.15, -0.1) is 0 Å². The monoisotopic (exact) mass is 379 g/mol. The minimum absolute atomic E-state index is 0.0207. The highest BCUT2D eigenvalue weighted by atomic mass is 32.2. The van der Waals surface area contributed by atoms with Crippen molar-refractivity contribution < 1.29 is 18.0 Å². The van der Waals surface area contributed by atoms with Gasteiger partial charge >= 0.3 is 0 Å². The molecule has 2 N–H and O–H groups in total. The molecule has 142 valence electrons. The number of anilines is 1. The lowest BCUT2D eigenvalue weighted by atomic mass is 10.1. The fraction of sp³-hybridized carbons (Fsp3) is 0.556. The van der Waals surface area contributed by atoms with Gasteiger partial charge in [0.25, 0.3) is 0 Å². The second-order valence-corrected chi connectivity index (χ2v) is 8.97. The molecule has 2 amide bonds. The van der Waals surface area contributed by atoms with Gasteiger partial charge in [-0.2, -0.15) is 0 Å². The normalized spacial score (nSPS) is 20.4. The van der Waals surface area contributed by atoms with E-state index in [0.29, 0.717) is 18.7 Å². The van der Waals surface area contributed by atoms with E-state index in [1.165, 1.54) is 12.1 Å².